The van der Waals surface area contributed by atoms with E-state index >= 15 is 0 Å². The second-order valence-electron chi connectivity index (χ2n) is 5.76. The van der Waals surface area contributed by atoms with Crippen LogP contribution in [-0.2, 0) is 4.74 Å². The summed E-state index contributed by atoms with van der Waals surface area (Å²) in [6.07, 6.45) is 0.379. The molecule has 0 aromatic heterocycles. The van der Waals surface area contributed by atoms with Crippen LogP contribution in [0.5, 0.6) is 0 Å². The Morgan fingerprint density at radius 2 is 2.10 bits per heavy atom. The van der Waals surface area contributed by atoms with E-state index in [-0.39, 0.29) is 1.43 Å². The first-order chi connectivity index (χ1) is 9.61. The highest BCUT2D eigenvalue weighted by Gasteiger charge is 2.21. The van der Waals surface area contributed by atoms with E-state index in [1.807, 2.05) is 13.8 Å². The molecule has 1 N–H and O–H groups in total. The summed E-state index contributed by atoms with van der Waals surface area (Å²) in [4.78, 5) is 4.91. The molecule has 1 fully saturated rings. The summed E-state index contributed by atoms with van der Waals surface area (Å²) >= 11 is 0. The first-order valence-electron chi connectivity index (χ1n) is 8.35. The minimum atomic E-state index is 0. The van der Waals surface area contributed by atoms with Crippen LogP contribution in [0.1, 0.15) is 36.0 Å². The zero-order chi connectivity index (χ0) is 15.4. The van der Waals surface area contributed by atoms with Gasteiger partial charge in [0.15, 0.2) is 0 Å². The van der Waals surface area contributed by atoms with Gasteiger partial charge in [0.2, 0.25) is 0 Å². The third-order valence-corrected chi connectivity index (χ3v) is 3.27. The Morgan fingerprint density at radius 3 is 2.70 bits per heavy atom. The van der Waals surface area contributed by atoms with Crippen LogP contribution in [0.25, 0.3) is 0 Å². The quantitative estimate of drug-likeness (QED) is 0.693. The molecule has 4 nitrogen and oxygen atoms in total. The Morgan fingerprint density at radius 1 is 1.40 bits per heavy atom. The van der Waals surface area contributed by atoms with Crippen molar-refractivity contribution in [1.29, 1.82) is 0 Å². The highest BCUT2D eigenvalue weighted by atomic mass is 16.5. The van der Waals surface area contributed by atoms with Crippen molar-refractivity contribution in [2.75, 3.05) is 59.5 Å². The van der Waals surface area contributed by atoms with Crippen LogP contribution in [0.15, 0.2) is 0 Å². The molecule has 0 unspecified atom stereocenters. The molecule has 0 aliphatic carbocycles. The number of hydrogen-bond acceptors (Lipinski definition) is 4. The van der Waals surface area contributed by atoms with Gasteiger partial charge in [-0.05, 0) is 19.5 Å². The fourth-order valence-corrected chi connectivity index (χ4v) is 2.55. The summed E-state index contributed by atoms with van der Waals surface area (Å²) in [6, 6.07) is 0. The third kappa shape index (κ3) is 9.70. The van der Waals surface area contributed by atoms with Crippen molar-refractivity contribution in [2.24, 2.45) is 5.92 Å². The van der Waals surface area contributed by atoms with E-state index in [9.17, 15) is 0 Å². The van der Waals surface area contributed by atoms with Gasteiger partial charge in [-0.2, -0.15) is 0 Å². The molecule has 0 bridgehead atoms. The molecule has 1 atom stereocenters. The molecule has 0 spiro atoms. The average Bonchev–Trinajstić information content (AvgIpc) is 2.41. The summed E-state index contributed by atoms with van der Waals surface area (Å²) < 4.78 is 5.86. The normalized spacial score (nSPS) is 20.1. The molecule has 0 aromatic rings. The number of hydrogen-bond donors (Lipinski definition) is 1. The van der Waals surface area contributed by atoms with Gasteiger partial charge in [0.1, 0.15) is 0 Å². The zero-order valence-electron chi connectivity index (χ0n) is 14.6. The molecule has 124 valence electrons. The van der Waals surface area contributed by atoms with Crippen LogP contribution in [0.3, 0.4) is 0 Å². The fraction of sp³-hybridized carbons (Fsp3) is 1.00. The van der Waals surface area contributed by atoms with Gasteiger partial charge in [0, 0.05) is 40.7 Å². The highest BCUT2D eigenvalue weighted by molar-refractivity contribution is 4.74. The topological polar surface area (TPSA) is 27.7 Å². The van der Waals surface area contributed by atoms with Crippen molar-refractivity contribution < 1.29 is 6.16 Å². The zero-order valence-corrected chi connectivity index (χ0v) is 14.6. The highest BCUT2D eigenvalue weighted by Crippen LogP contribution is 2.07. The monoisotopic (exact) mass is 289 g/mol. The predicted octanol–water partition coefficient (Wildman–Crippen LogP) is 2.16. The van der Waals surface area contributed by atoms with Crippen LogP contribution in [0, 0.1) is 5.92 Å². The molecule has 0 saturated carbocycles. The van der Waals surface area contributed by atoms with Gasteiger partial charge in [-0.3, -0.25) is 4.90 Å². The lowest BCUT2D eigenvalue weighted by molar-refractivity contribution is -0.0408. The Labute approximate surface area is 128 Å². The van der Waals surface area contributed by atoms with Crippen molar-refractivity contribution >= 4 is 0 Å². The molecule has 1 rings (SSSR count). The van der Waals surface area contributed by atoms with E-state index in [4.69, 9.17) is 4.74 Å². The summed E-state index contributed by atoms with van der Waals surface area (Å²) in [7, 11) is 2.20. The lowest BCUT2D eigenvalue weighted by Gasteiger charge is -2.35. The molecule has 1 heterocycles. The number of rotatable bonds is 8. The van der Waals surface area contributed by atoms with E-state index in [2.05, 4.69) is 42.9 Å². The van der Waals surface area contributed by atoms with Crippen LogP contribution >= 0.6 is 0 Å². The van der Waals surface area contributed by atoms with Gasteiger partial charge in [0.05, 0.1) is 12.7 Å². The van der Waals surface area contributed by atoms with Gasteiger partial charge in [-0.1, -0.05) is 34.6 Å². The minimum Gasteiger partial charge on any atom is -0.374 e. The van der Waals surface area contributed by atoms with E-state index in [0.717, 1.165) is 58.3 Å². The minimum absolute atomic E-state index is 0. The molecule has 0 radical (unpaired) electrons. The summed E-state index contributed by atoms with van der Waals surface area (Å²) in [5.41, 5.74) is 0. The van der Waals surface area contributed by atoms with Gasteiger partial charge in [0.25, 0.3) is 0 Å². The largest absolute Gasteiger partial charge is 0.374 e. The van der Waals surface area contributed by atoms with Gasteiger partial charge >= 0.3 is 0 Å². The predicted molar refractivity (Wildman–Crippen MR) is 90.5 cm³/mol. The molecule has 0 aromatic carbocycles. The smallest absolute Gasteiger partial charge is 0.0829 e. The maximum Gasteiger partial charge on any atom is 0.0829 e. The second-order valence-corrected chi connectivity index (χ2v) is 5.76. The molecule has 1 aliphatic rings. The van der Waals surface area contributed by atoms with Crippen LogP contribution in [0.4, 0.5) is 0 Å². The SMILES string of the molecule is CC.CCNCCN1CCO[C@@H](CN(C)CC(C)C)C1.[HH]. The number of likely N-dealkylation sites (N-methyl/N-ethyl adjacent to an activating group) is 2. The van der Waals surface area contributed by atoms with Crippen molar-refractivity contribution in [3.63, 3.8) is 0 Å². The Bertz CT molecular complexity index is 218. The molecule has 4 heteroatoms. The molecule has 20 heavy (non-hydrogen) atoms. The third-order valence-electron chi connectivity index (χ3n) is 3.27. The summed E-state index contributed by atoms with van der Waals surface area (Å²) in [5.74, 6) is 0.725. The summed E-state index contributed by atoms with van der Waals surface area (Å²) in [6.45, 7) is 19.2. The average molecular weight is 290 g/mol. The Balaban J connectivity index is 0. The molecule has 0 amide bonds. The molecular weight excluding hydrogens is 250 g/mol. The van der Waals surface area contributed by atoms with Crippen LogP contribution < -0.4 is 5.32 Å². The Kier molecular flexibility index (Phi) is 12.5. The number of ether oxygens (including phenoxy) is 1. The Hall–Kier alpha value is -0.160. The van der Waals surface area contributed by atoms with Crippen molar-refractivity contribution in [3.8, 4) is 0 Å². The maximum absolute atomic E-state index is 5.86. The first-order valence-corrected chi connectivity index (χ1v) is 8.35. The fourth-order valence-electron chi connectivity index (χ4n) is 2.55. The second kappa shape index (κ2) is 12.6. The molecule has 1 saturated heterocycles. The number of nitrogens with zero attached hydrogens (tertiary/aromatic N) is 2. The van der Waals surface area contributed by atoms with Crippen LogP contribution in [-0.4, -0.2) is 75.4 Å². The van der Waals surface area contributed by atoms with Gasteiger partial charge in [-0.15, -0.1) is 0 Å². The summed E-state index contributed by atoms with van der Waals surface area (Å²) in [5, 5.41) is 3.38. The van der Waals surface area contributed by atoms with Crippen molar-refractivity contribution in [2.45, 2.75) is 40.7 Å². The van der Waals surface area contributed by atoms with Gasteiger partial charge < -0.3 is 15.0 Å². The molecule has 1 aliphatic heterocycles. The van der Waals surface area contributed by atoms with Crippen molar-refractivity contribution in [1.82, 2.24) is 15.1 Å². The number of nitrogens with one attached hydrogen (secondary N) is 1. The van der Waals surface area contributed by atoms with Crippen molar-refractivity contribution in [3.05, 3.63) is 0 Å². The maximum atomic E-state index is 5.86. The standard InChI is InChI=1S/C14H31N3O.C2H6.H2/c1-5-15-6-7-17-8-9-18-14(12-17)11-16(4)10-13(2)3;1-2;/h13-15H,5-12H2,1-4H3;1-2H3;1H/t14-;;/m0../s1. The van der Waals surface area contributed by atoms with Gasteiger partial charge in [-0.25, -0.2) is 0 Å². The van der Waals surface area contributed by atoms with E-state index in [1.54, 1.807) is 0 Å². The number of morpholine rings is 1. The molecular formula is C16H39N3O. The van der Waals surface area contributed by atoms with E-state index < -0.39 is 0 Å². The lowest BCUT2D eigenvalue weighted by atomic mass is 10.2. The van der Waals surface area contributed by atoms with E-state index in [1.165, 1.54) is 0 Å². The lowest BCUT2D eigenvalue weighted by Crippen LogP contribution is -2.48. The van der Waals surface area contributed by atoms with E-state index in [0.29, 0.717) is 6.10 Å². The first kappa shape index (κ1) is 19.8. The van der Waals surface area contributed by atoms with Crippen LogP contribution in [0.2, 0.25) is 0 Å².